The summed E-state index contributed by atoms with van der Waals surface area (Å²) in [4.78, 5) is 0. The van der Waals surface area contributed by atoms with E-state index in [0.717, 1.165) is 24.4 Å². The Balaban J connectivity index is 1.99. The van der Waals surface area contributed by atoms with Gasteiger partial charge in [0.05, 0.1) is 11.8 Å². The van der Waals surface area contributed by atoms with Gasteiger partial charge in [0, 0.05) is 12.7 Å². The van der Waals surface area contributed by atoms with Crippen molar-refractivity contribution in [1.29, 1.82) is 0 Å². The number of aryl methyl sites for hydroxylation is 1. The van der Waals surface area contributed by atoms with Gasteiger partial charge in [-0.1, -0.05) is 24.3 Å². The minimum absolute atomic E-state index is 0.211. The topological polar surface area (TPSA) is 39.9 Å². The molecule has 1 heterocycles. The van der Waals surface area contributed by atoms with Gasteiger partial charge in [0.2, 0.25) is 0 Å². The van der Waals surface area contributed by atoms with E-state index in [-0.39, 0.29) is 6.10 Å². The predicted octanol–water partition coefficient (Wildman–Crippen LogP) is 3.43. The molecule has 4 nitrogen and oxygen atoms in total. The van der Waals surface area contributed by atoms with Crippen molar-refractivity contribution in [2.75, 3.05) is 0 Å². The van der Waals surface area contributed by atoms with Crippen LogP contribution in [0.5, 0.6) is 5.75 Å². The van der Waals surface area contributed by atoms with Crippen molar-refractivity contribution in [1.82, 2.24) is 15.0 Å². The van der Waals surface area contributed by atoms with Gasteiger partial charge < -0.3 is 4.74 Å². The molecule has 1 atom stereocenters. The second kappa shape index (κ2) is 6.55. The Bertz CT molecular complexity index is 531. The monoisotopic (exact) mass is 273 g/mol. The number of hydrogen-bond acceptors (Lipinski definition) is 3. The third-order valence-corrected chi connectivity index (χ3v) is 3.25. The first-order valence-electron chi connectivity index (χ1n) is 7.24. The average molecular weight is 273 g/mol. The first-order chi connectivity index (χ1) is 9.58. The summed E-state index contributed by atoms with van der Waals surface area (Å²) in [6.07, 6.45) is 3.14. The van der Waals surface area contributed by atoms with E-state index in [2.05, 4.69) is 36.3 Å². The normalized spacial score (nSPS) is 12.7. The van der Waals surface area contributed by atoms with E-state index in [0.29, 0.717) is 5.92 Å². The molecule has 0 radical (unpaired) electrons. The highest BCUT2D eigenvalue weighted by molar-refractivity contribution is 5.29. The van der Waals surface area contributed by atoms with Gasteiger partial charge in [0.1, 0.15) is 5.75 Å². The molecule has 0 aliphatic heterocycles. The van der Waals surface area contributed by atoms with Gasteiger partial charge >= 0.3 is 0 Å². The maximum absolute atomic E-state index is 5.66. The molecule has 0 aliphatic rings. The molecular weight excluding hydrogens is 250 g/mol. The van der Waals surface area contributed by atoms with E-state index < -0.39 is 0 Å². The van der Waals surface area contributed by atoms with Crippen LogP contribution in [-0.2, 0) is 13.0 Å². The van der Waals surface area contributed by atoms with Crippen LogP contribution in [0, 0.1) is 0 Å². The summed E-state index contributed by atoms with van der Waals surface area (Å²) in [5, 5.41) is 8.27. The number of nitrogens with zero attached hydrogens (tertiary/aromatic N) is 3. The van der Waals surface area contributed by atoms with Crippen molar-refractivity contribution < 1.29 is 4.74 Å². The van der Waals surface area contributed by atoms with E-state index >= 15 is 0 Å². The zero-order chi connectivity index (χ0) is 14.5. The van der Waals surface area contributed by atoms with Crippen LogP contribution in [0.15, 0.2) is 30.5 Å². The lowest BCUT2D eigenvalue weighted by Crippen LogP contribution is -2.05. The van der Waals surface area contributed by atoms with Crippen LogP contribution >= 0.6 is 0 Å². The molecular formula is C16H23N3O. The number of rotatable bonds is 6. The second-order valence-electron chi connectivity index (χ2n) is 5.41. The molecule has 0 spiro atoms. The fraction of sp³-hybridized carbons (Fsp3) is 0.500. The SMILES string of the molecule is CCn1cc(CC(C)c2ccc(OC(C)C)cc2)nn1. The molecule has 108 valence electrons. The van der Waals surface area contributed by atoms with Gasteiger partial charge in [-0.3, -0.25) is 4.68 Å². The molecule has 2 rings (SSSR count). The molecule has 0 amide bonds. The largest absolute Gasteiger partial charge is 0.491 e. The quantitative estimate of drug-likeness (QED) is 0.809. The van der Waals surface area contributed by atoms with Crippen molar-refractivity contribution in [2.45, 2.75) is 52.7 Å². The average Bonchev–Trinajstić information content (AvgIpc) is 2.86. The highest BCUT2D eigenvalue weighted by atomic mass is 16.5. The van der Waals surface area contributed by atoms with E-state index in [1.165, 1.54) is 5.56 Å². The van der Waals surface area contributed by atoms with Crippen molar-refractivity contribution >= 4 is 0 Å². The summed E-state index contributed by atoms with van der Waals surface area (Å²) in [6.45, 7) is 9.21. The van der Waals surface area contributed by atoms with Crippen LogP contribution in [0.2, 0.25) is 0 Å². The van der Waals surface area contributed by atoms with Gasteiger partial charge in [-0.05, 0) is 50.8 Å². The number of hydrogen-bond donors (Lipinski definition) is 0. The van der Waals surface area contributed by atoms with Crippen LogP contribution in [0.1, 0.15) is 44.9 Å². The molecule has 4 heteroatoms. The predicted molar refractivity (Wildman–Crippen MR) is 80.0 cm³/mol. The number of benzene rings is 1. The van der Waals surface area contributed by atoms with Gasteiger partial charge in [-0.25, -0.2) is 0 Å². The minimum atomic E-state index is 0.211. The zero-order valence-electron chi connectivity index (χ0n) is 12.7. The maximum Gasteiger partial charge on any atom is 0.119 e. The first-order valence-corrected chi connectivity index (χ1v) is 7.24. The lowest BCUT2D eigenvalue weighted by atomic mass is 9.96. The van der Waals surface area contributed by atoms with Crippen LogP contribution in [0.4, 0.5) is 0 Å². The Morgan fingerprint density at radius 2 is 1.85 bits per heavy atom. The summed E-state index contributed by atoms with van der Waals surface area (Å²) in [5.74, 6) is 1.35. The van der Waals surface area contributed by atoms with E-state index in [9.17, 15) is 0 Å². The van der Waals surface area contributed by atoms with Crippen LogP contribution < -0.4 is 4.74 Å². The molecule has 1 aromatic heterocycles. The Labute approximate surface area is 120 Å². The fourth-order valence-electron chi connectivity index (χ4n) is 2.17. The maximum atomic E-state index is 5.66. The lowest BCUT2D eigenvalue weighted by molar-refractivity contribution is 0.242. The summed E-state index contributed by atoms with van der Waals surface area (Å²) < 4.78 is 7.52. The van der Waals surface area contributed by atoms with E-state index in [1.807, 2.05) is 36.9 Å². The lowest BCUT2D eigenvalue weighted by Gasteiger charge is -2.13. The Hall–Kier alpha value is -1.84. The molecule has 0 aliphatic carbocycles. The zero-order valence-corrected chi connectivity index (χ0v) is 12.7. The van der Waals surface area contributed by atoms with Crippen molar-refractivity contribution in [3.63, 3.8) is 0 Å². The van der Waals surface area contributed by atoms with Gasteiger partial charge in [-0.15, -0.1) is 5.10 Å². The van der Waals surface area contributed by atoms with Gasteiger partial charge in [-0.2, -0.15) is 0 Å². The van der Waals surface area contributed by atoms with Gasteiger partial charge in [0.25, 0.3) is 0 Å². The third kappa shape index (κ3) is 3.83. The molecule has 1 unspecified atom stereocenters. The summed E-state index contributed by atoms with van der Waals surface area (Å²) in [6, 6.07) is 8.34. The third-order valence-electron chi connectivity index (χ3n) is 3.25. The molecule has 0 N–H and O–H groups in total. The number of aromatic nitrogens is 3. The molecule has 1 aromatic carbocycles. The van der Waals surface area contributed by atoms with Crippen LogP contribution in [0.25, 0.3) is 0 Å². The summed E-state index contributed by atoms with van der Waals surface area (Å²) in [7, 11) is 0. The Kier molecular flexibility index (Phi) is 4.77. The summed E-state index contributed by atoms with van der Waals surface area (Å²) in [5.41, 5.74) is 2.34. The van der Waals surface area contributed by atoms with Crippen molar-refractivity contribution in [2.24, 2.45) is 0 Å². The second-order valence-corrected chi connectivity index (χ2v) is 5.41. The minimum Gasteiger partial charge on any atom is -0.491 e. The van der Waals surface area contributed by atoms with Crippen LogP contribution in [-0.4, -0.2) is 21.1 Å². The highest BCUT2D eigenvalue weighted by Gasteiger charge is 2.10. The molecule has 0 saturated heterocycles. The summed E-state index contributed by atoms with van der Waals surface area (Å²) >= 11 is 0. The Morgan fingerprint density at radius 1 is 1.15 bits per heavy atom. The number of ether oxygens (including phenoxy) is 1. The Morgan fingerprint density at radius 3 is 2.40 bits per heavy atom. The smallest absolute Gasteiger partial charge is 0.119 e. The molecule has 0 fully saturated rings. The molecule has 2 aromatic rings. The van der Waals surface area contributed by atoms with Crippen LogP contribution in [0.3, 0.4) is 0 Å². The van der Waals surface area contributed by atoms with E-state index in [1.54, 1.807) is 0 Å². The molecule has 20 heavy (non-hydrogen) atoms. The standard InChI is InChI=1S/C16H23N3O/c1-5-19-11-15(17-18-19)10-13(4)14-6-8-16(9-7-14)20-12(2)3/h6-9,11-13H,5,10H2,1-4H3. The van der Waals surface area contributed by atoms with E-state index in [4.69, 9.17) is 4.74 Å². The van der Waals surface area contributed by atoms with Crippen molar-refractivity contribution in [3.05, 3.63) is 41.7 Å². The highest BCUT2D eigenvalue weighted by Crippen LogP contribution is 2.22. The molecule has 0 bridgehead atoms. The molecule has 0 saturated carbocycles. The fourth-order valence-corrected chi connectivity index (χ4v) is 2.17. The van der Waals surface area contributed by atoms with Crippen molar-refractivity contribution in [3.8, 4) is 5.75 Å². The first kappa shape index (κ1) is 14.6. The van der Waals surface area contributed by atoms with Gasteiger partial charge in [0.15, 0.2) is 0 Å².